The van der Waals surface area contributed by atoms with Crippen LogP contribution in [0.4, 0.5) is 5.69 Å². The summed E-state index contributed by atoms with van der Waals surface area (Å²) in [6.45, 7) is 0. The van der Waals surface area contributed by atoms with Gasteiger partial charge in [-0.05, 0) is 30.9 Å². The number of benzene rings is 1. The van der Waals surface area contributed by atoms with Crippen molar-refractivity contribution in [2.45, 2.75) is 38.5 Å². The summed E-state index contributed by atoms with van der Waals surface area (Å²) < 4.78 is 0. The molecule has 0 amide bonds. The lowest BCUT2D eigenvalue weighted by Crippen LogP contribution is -2.12. The quantitative estimate of drug-likeness (QED) is 0.584. The molecular formula is C13H20BN. The Labute approximate surface area is 93.5 Å². The first kappa shape index (κ1) is 10.6. The molecule has 0 saturated heterocycles. The Bertz CT molecular complexity index is 329. The highest BCUT2D eigenvalue weighted by atomic mass is 14.5. The molecule has 0 aromatic heterocycles. The van der Waals surface area contributed by atoms with Gasteiger partial charge in [-0.15, -0.1) is 0 Å². The maximum absolute atomic E-state index is 5.75. The van der Waals surface area contributed by atoms with Gasteiger partial charge in [0.05, 0.1) is 0 Å². The maximum Gasteiger partial charge on any atom is 0.139 e. The van der Waals surface area contributed by atoms with Gasteiger partial charge in [0.2, 0.25) is 0 Å². The number of aryl methyl sites for hydroxylation is 1. The summed E-state index contributed by atoms with van der Waals surface area (Å²) in [6, 6.07) is 6.31. The van der Waals surface area contributed by atoms with Gasteiger partial charge >= 0.3 is 0 Å². The third-order valence-corrected chi connectivity index (χ3v) is 3.66. The van der Waals surface area contributed by atoms with Gasteiger partial charge < -0.3 is 5.73 Å². The van der Waals surface area contributed by atoms with Crippen molar-refractivity contribution in [1.82, 2.24) is 0 Å². The van der Waals surface area contributed by atoms with Crippen molar-refractivity contribution in [3.8, 4) is 0 Å². The van der Waals surface area contributed by atoms with Crippen LogP contribution in [0.5, 0.6) is 0 Å². The van der Waals surface area contributed by atoms with Crippen LogP contribution < -0.4 is 11.2 Å². The number of rotatable bonds is 3. The standard InChI is InChI=1S/C13H20BN/c14-13-9-12(15)8-7-11(13)6-5-10-3-1-2-4-10/h7-10H,1-6,14-15H2. The number of anilines is 1. The summed E-state index contributed by atoms with van der Waals surface area (Å²) in [5.41, 5.74) is 9.47. The fourth-order valence-corrected chi connectivity index (χ4v) is 2.66. The lowest BCUT2D eigenvalue weighted by Gasteiger charge is -2.11. The Balaban J connectivity index is 1.92. The van der Waals surface area contributed by atoms with E-state index >= 15 is 0 Å². The van der Waals surface area contributed by atoms with E-state index in [1.165, 1.54) is 49.6 Å². The summed E-state index contributed by atoms with van der Waals surface area (Å²) >= 11 is 0. The minimum Gasteiger partial charge on any atom is -0.399 e. The number of hydrogen-bond acceptors (Lipinski definition) is 1. The van der Waals surface area contributed by atoms with Crippen LogP contribution in [0.3, 0.4) is 0 Å². The summed E-state index contributed by atoms with van der Waals surface area (Å²) in [7, 11) is 2.17. The summed E-state index contributed by atoms with van der Waals surface area (Å²) in [6.07, 6.45) is 8.40. The zero-order valence-corrected chi connectivity index (χ0v) is 9.63. The van der Waals surface area contributed by atoms with Gasteiger partial charge in [0.25, 0.3) is 0 Å². The van der Waals surface area contributed by atoms with Crippen molar-refractivity contribution in [1.29, 1.82) is 0 Å². The monoisotopic (exact) mass is 201 g/mol. The Morgan fingerprint density at radius 3 is 2.67 bits per heavy atom. The zero-order valence-electron chi connectivity index (χ0n) is 9.63. The molecule has 0 aliphatic heterocycles. The van der Waals surface area contributed by atoms with Crippen LogP contribution in [-0.2, 0) is 6.42 Å². The molecule has 1 nitrogen and oxygen atoms in total. The third-order valence-electron chi connectivity index (χ3n) is 3.66. The average molecular weight is 201 g/mol. The molecule has 0 radical (unpaired) electrons. The highest BCUT2D eigenvalue weighted by Gasteiger charge is 2.14. The van der Waals surface area contributed by atoms with E-state index in [9.17, 15) is 0 Å². The largest absolute Gasteiger partial charge is 0.399 e. The van der Waals surface area contributed by atoms with Crippen molar-refractivity contribution in [3.05, 3.63) is 23.8 Å². The summed E-state index contributed by atoms with van der Waals surface area (Å²) in [5.74, 6) is 0.988. The van der Waals surface area contributed by atoms with Crippen LogP contribution in [0.2, 0.25) is 0 Å². The third kappa shape index (κ3) is 2.77. The molecular weight excluding hydrogens is 181 g/mol. The molecule has 80 valence electrons. The predicted molar refractivity (Wildman–Crippen MR) is 69.3 cm³/mol. The Kier molecular flexibility index (Phi) is 3.35. The molecule has 1 aromatic rings. The van der Waals surface area contributed by atoms with Crippen molar-refractivity contribution in [2.75, 3.05) is 5.73 Å². The molecule has 1 aliphatic carbocycles. The maximum atomic E-state index is 5.75. The van der Waals surface area contributed by atoms with Gasteiger partial charge in [-0.25, -0.2) is 0 Å². The number of nitrogen functional groups attached to an aromatic ring is 1. The van der Waals surface area contributed by atoms with E-state index in [2.05, 4.69) is 20.0 Å². The Hall–Kier alpha value is -0.915. The van der Waals surface area contributed by atoms with Crippen molar-refractivity contribution < 1.29 is 0 Å². The molecule has 1 aliphatic rings. The van der Waals surface area contributed by atoms with Crippen LogP contribution in [-0.4, -0.2) is 7.85 Å². The van der Waals surface area contributed by atoms with E-state index in [4.69, 9.17) is 5.73 Å². The van der Waals surface area contributed by atoms with Gasteiger partial charge in [0.15, 0.2) is 0 Å². The van der Waals surface area contributed by atoms with Crippen molar-refractivity contribution in [2.24, 2.45) is 5.92 Å². The number of nitrogens with two attached hydrogens (primary N) is 1. The molecule has 0 heterocycles. The average Bonchev–Trinajstić information content (AvgIpc) is 2.69. The van der Waals surface area contributed by atoms with Gasteiger partial charge in [-0.1, -0.05) is 42.8 Å². The van der Waals surface area contributed by atoms with Crippen LogP contribution >= 0.6 is 0 Å². The van der Waals surface area contributed by atoms with Crippen molar-refractivity contribution in [3.63, 3.8) is 0 Å². The second kappa shape index (κ2) is 4.74. The highest BCUT2D eigenvalue weighted by Crippen LogP contribution is 2.28. The number of hydrogen-bond donors (Lipinski definition) is 1. The molecule has 0 atom stereocenters. The van der Waals surface area contributed by atoms with E-state index in [0.29, 0.717) is 0 Å². The van der Waals surface area contributed by atoms with E-state index in [-0.39, 0.29) is 0 Å². The lowest BCUT2D eigenvalue weighted by atomic mass is 9.86. The van der Waals surface area contributed by atoms with Gasteiger partial charge in [-0.3, -0.25) is 0 Å². The van der Waals surface area contributed by atoms with E-state index < -0.39 is 0 Å². The molecule has 0 unspecified atom stereocenters. The molecule has 2 N–H and O–H groups in total. The smallest absolute Gasteiger partial charge is 0.139 e. The van der Waals surface area contributed by atoms with Crippen LogP contribution in [0.1, 0.15) is 37.7 Å². The van der Waals surface area contributed by atoms with Crippen LogP contribution in [0, 0.1) is 5.92 Å². The SMILES string of the molecule is Bc1cc(N)ccc1CCC1CCCC1. The van der Waals surface area contributed by atoms with Crippen molar-refractivity contribution >= 4 is 19.0 Å². The Morgan fingerprint density at radius 1 is 1.27 bits per heavy atom. The van der Waals surface area contributed by atoms with E-state index in [1.54, 1.807) is 0 Å². The molecule has 1 saturated carbocycles. The molecule has 2 heteroatoms. The molecule has 0 bridgehead atoms. The van der Waals surface area contributed by atoms with E-state index in [0.717, 1.165) is 11.6 Å². The first-order chi connectivity index (χ1) is 7.25. The van der Waals surface area contributed by atoms with E-state index in [1.807, 2.05) is 6.07 Å². The Morgan fingerprint density at radius 2 is 2.00 bits per heavy atom. The highest BCUT2D eigenvalue weighted by molar-refractivity contribution is 6.33. The summed E-state index contributed by atoms with van der Waals surface area (Å²) in [5, 5.41) is 0. The first-order valence-electron chi connectivity index (χ1n) is 6.11. The minimum atomic E-state index is 0.886. The normalized spacial score (nSPS) is 17.1. The second-order valence-electron chi connectivity index (χ2n) is 4.88. The second-order valence-corrected chi connectivity index (χ2v) is 4.88. The summed E-state index contributed by atoms with van der Waals surface area (Å²) in [4.78, 5) is 0. The predicted octanol–water partition coefficient (Wildman–Crippen LogP) is 1.65. The van der Waals surface area contributed by atoms with Gasteiger partial charge in [-0.2, -0.15) is 0 Å². The van der Waals surface area contributed by atoms with Gasteiger partial charge in [0.1, 0.15) is 7.85 Å². The molecule has 1 fully saturated rings. The first-order valence-corrected chi connectivity index (χ1v) is 6.11. The fraction of sp³-hybridized carbons (Fsp3) is 0.538. The minimum absolute atomic E-state index is 0.886. The van der Waals surface area contributed by atoms with Crippen LogP contribution in [0.25, 0.3) is 0 Å². The topological polar surface area (TPSA) is 26.0 Å². The van der Waals surface area contributed by atoms with Crippen LogP contribution in [0.15, 0.2) is 18.2 Å². The molecule has 0 spiro atoms. The van der Waals surface area contributed by atoms with Gasteiger partial charge in [0, 0.05) is 5.69 Å². The molecule has 1 aromatic carbocycles. The lowest BCUT2D eigenvalue weighted by molar-refractivity contribution is 0.504. The molecule has 15 heavy (non-hydrogen) atoms. The fourth-order valence-electron chi connectivity index (χ4n) is 2.66. The zero-order chi connectivity index (χ0) is 10.7. The molecule has 2 rings (SSSR count).